The van der Waals surface area contributed by atoms with Crippen molar-refractivity contribution in [2.24, 2.45) is 0 Å². The van der Waals surface area contributed by atoms with Gasteiger partial charge in [0.1, 0.15) is 5.82 Å². The zero-order valence-corrected chi connectivity index (χ0v) is 17.1. The van der Waals surface area contributed by atoms with E-state index in [4.69, 9.17) is 9.47 Å². The zero-order valence-electron chi connectivity index (χ0n) is 17.1. The molecule has 0 aliphatic rings. The van der Waals surface area contributed by atoms with E-state index >= 15 is 0 Å². The third-order valence-electron chi connectivity index (χ3n) is 4.24. The molecule has 0 fully saturated rings. The van der Waals surface area contributed by atoms with E-state index in [9.17, 15) is 14.0 Å². The van der Waals surface area contributed by atoms with Crippen LogP contribution in [-0.2, 0) is 16.1 Å². The lowest BCUT2D eigenvalue weighted by Gasteiger charge is -2.22. The van der Waals surface area contributed by atoms with Gasteiger partial charge in [0.2, 0.25) is 11.8 Å². The highest BCUT2D eigenvalue weighted by molar-refractivity contribution is 5.92. The summed E-state index contributed by atoms with van der Waals surface area (Å²) in [5.41, 5.74) is 1.40. The summed E-state index contributed by atoms with van der Waals surface area (Å²) in [6.07, 6.45) is 0. The van der Waals surface area contributed by atoms with Crippen molar-refractivity contribution in [3.05, 3.63) is 53.8 Å². The third kappa shape index (κ3) is 6.76. The van der Waals surface area contributed by atoms with Crippen LogP contribution in [0.5, 0.6) is 11.5 Å². The van der Waals surface area contributed by atoms with Gasteiger partial charge in [-0.15, -0.1) is 0 Å². The van der Waals surface area contributed by atoms with Crippen molar-refractivity contribution in [2.45, 2.75) is 6.54 Å². The van der Waals surface area contributed by atoms with Gasteiger partial charge in [0, 0.05) is 19.3 Å². The monoisotopic (exact) mass is 403 g/mol. The molecule has 0 unspecified atom stereocenters. The lowest BCUT2D eigenvalue weighted by molar-refractivity contribution is -0.131. The number of benzene rings is 2. The van der Waals surface area contributed by atoms with Gasteiger partial charge in [-0.3, -0.25) is 14.5 Å². The fourth-order valence-corrected chi connectivity index (χ4v) is 2.73. The zero-order chi connectivity index (χ0) is 21.4. The van der Waals surface area contributed by atoms with Crippen molar-refractivity contribution in [1.29, 1.82) is 0 Å². The number of anilines is 1. The topological polar surface area (TPSA) is 71.1 Å². The number of likely N-dealkylation sites (N-methyl/N-ethyl adjacent to an activating group) is 2. The van der Waals surface area contributed by atoms with Crippen LogP contribution in [0.15, 0.2) is 42.5 Å². The maximum Gasteiger partial charge on any atom is 0.238 e. The van der Waals surface area contributed by atoms with Crippen LogP contribution in [0.4, 0.5) is 10.1 Å². The first kappa shape index (κ1) is 22.2. The van der Waals surface area contributed by atoms with E-state index in [0.29, 0.717) is 23.7 Å². The molecule has 0 spiro atoms. The van der Waals surface area contributed by atoms with Crippen LogP contribution >= 0.6 is 0 Å². The van der Waals surface area contributed by atoms with Crippen LogP contribution in [0.1, 0.15) is 5.56 Å². The van der Waals surface area contributed by atoms with E-state index in [1.165, 1.54) is 24.3 Å². The molecule has 0 heterocycles. The number of methoxy groups -OCH3 is 2. The summed E-state index contributed by atoms with van der Waals surface area (Å²) in [6.45, 7) is 0.517. The lowest BCUT2D eigenvalue weighted by Crippen LogP contribution is -2.39. The summed E-state index contributed by atoms with van der Waals surface area (Å²) in [5, 5.41) is 2.67. The molecule has 8 heteroatoms. The average Bonchev–Trinajstić information content (AvgIpc) is 2.69. The number of carbonyl (C=O) groups is 2. The predicted octanol–water partition coefficient (Wildman–Crippen LogP) is 2.37. The summed E-state index contributed by atoms with van der Waals surface area (Å²) in [6, 6.07) is 11.0. The van der Waals surface area contributed by atoms with E-state index in [-0.39, 0.29) is 30.7 Å². The molecule has 29 heavy (non-hydrogen) atoms. The third-order valence-corrected chi connectivity index (χ3v) is 4.24. The SMILES string of the molecule is COc1ccc(CN(C)C(=O)CN(C)CC(=O)Nc2ccc(F)cc2)cc1OC. The average molecular weight is 403 g/mol. The Balaban J connectivity index is 1.85. The van der Waals surface area contributed by atoms with E-state index in [1.807, 2.05) is 12.1 Å². The summed E-state index contributed by atoms with van der Waals surface area (Å²) in [5.74, 6) is 0.437. The molecule has 0 aromatic heterocycles. The smallest absolute Gasteiger partial charge is 0.238 e. The van der Waals surface area contributed by atoms with Crippen molar-refractivity contribution in [2.75, 3.05) is 46.7 Å². The van der Waals surface area contributed by atoms with Gasteiger partial charge in [0.05, 0.1) is 27.3 Å². The lowest BCUT2D eigenvalue weighted by atomic mass is 10.2. The van der Waals surface area contributed by atoms with Gasteiger partial charge in [-0.25, -0.2) is 4.39 Å². The van der Waals surface area contributed by atoms with Crippen LogP contribution in [-0.4, -0.2) is 63.0 Å². The fraction of sp³-hybridized carbons (Fsp3) is 0.333. The number of nitrogens with zero attached hydrogens (tertiary/aromatic N) is 2. The highest BCUT2D eigenvalue weighted by Gasteiger charge is 2.15. The van der Waals surface area contributed by atoms with Gasteiger partial charge in [0.25, 0.3) is 0 Å². The van der Waals surface area contributed by atoms with Gasteiger partial charge in [-0.1, -0.05) is 6.07 Å². The molecule has 0 radical (unpaired) electrons. The summed E-state index contributed by atoms with van der Waals surface area (Å²) >= 11 is 0. The molecule has 2 aromatic carbocycles. The Morgan fingerprint density at radius 2 is 1.62 bits per heavy atom. The number of ether oxygens (including phenoxy) is 2. The first-order chi connectivity index (χ1) is 13.8. The number of amides is 2. The number of rotatable bonds is 9. The number of nitrogens with one attached hydrogen (secondary N) is 1. The number of carbonyl (C=O) groups excluding carboxylic acids is 2. The molecule has 156 valence electrons. The Morgan fingerprint density at radius 3 is 2.24 bits per heavy atom. The van der Waals surface area contributed by atoms with Gasteiger partial charge >= 0.3 is 0 Å². The molecule has 0 aliphatic carbocycles. The normalized spacial score (nSPS) is 10.6. The largest absolute Gasteiger partial charge is 0.493 e. The molecule has 2 aromatic rings. The minimum Gasteiger partial charge on any atom is -0.493 e. The number of hydrogen-bond donors (Lipinski definition) is 1. The maximum absolute atomic E-state index is 12.9. The molecule has 2 amide bonds. The maximum atomic E-state index is 12.9. The van der Waals surface area contributed by atoms with Gasteiger partial charge in [0.15, 0.2) is 11.5 Å². The molecule has 0 saturated heterocycles. The van der Waals surface area contributed by atoms with Crippen molar-refractivity contribution >= 4 is 17.5 Å². The van der Waals surface area contributed by atoms with Crippen LogP contribution in [0.3, 0.4) is 0 Å². The highest BCUT2D eigenvalue weighted by Crippen LogP contribution is 2.27. The van der Waals surface area contributed by atoms with E-state index in [1.54, 1.807) is 44.2 Å². The molecule has 0 bridgehead atoms. The van der Waals surface area contributed by atoms with Crippen molar-refractivity contribution in [3.8, 4) is 11.5 Å². The second-order valence-corrected chi connectivity index (χ2v) is 6.67. The van der Waals surface area contributed by atoms with Gasteiger partial charge in [-0.2, -0.15) is 0 Å². The standard InChI is InChI=1S/C21H26FN3O4/c1-24(13-20(26)23-17-8-6-16(22)7-9-17)14-21(27)25(2)12-15-5-10-18(28-3)19(11-15)29-4/h5-11H,12-14H2,1-4H3,(H,23,26). The van der Waals surface area contributed by atoms with Gasteiger partial charge < -0.3 is 19.7 Å². The van der Waals surface area contributed by atoms with E-state index in [0.717, 1.165) is 5.56 Å². The Hall–Kier alpha value is -3.13. The Bertz CT molecular complexity index is 842. The molecular weight excluding hydrogens is 377 g/mol. The molecule has 0 atom stereocenters. The van der Waals surface area contributed by atoms with Crippen molar-refractivity contribution < 1.29 is 23.5 Å². The van der Waals surface area contributed by atoms with E-state index in [2.05, 4.69) is 5.32 Å². The number of hydrogen-bond acceptors (Lipinski definition) is 5. The van der Waals surface area contributed by atoms with Crippen LogP contribution in [0.25, 0.3) is 0 Å². The minimum absolute atomic E-state index is 0.0350. The summed E-state index contributed by atoms with van der Waals surface area (Å²) in [4.78, 5) is 27.7. The molecule has 7 nitrogen and oxygen atoms in total. The van der Waals surface area contributed by atoms with Crippen molar-refractivity contribution in [3.63, 3.8) is 0 Å². The first-order valence-electron chi connectivity index (χ1n) is 9.01. The summed E-state index contributed by atoms with van der Waals surface area (Å²) in [7, 11) is 6.51. The van der Waals surface area contributed by atoms with Crippen LogP contribution in [0.2, 0.25) is 0 Å². The molecule has 0 saturated carbocycles. The van der Waals surface area contributed by atoms with Gasteiger partial charge in [-0.05, 0) is 49.0 Å². The first-order valence-corrected chi connectivity index (χ1v) is 9.01. The second-order valence-electron chi connectivity index (χ2n) is 6.67. The quantitative estimate of drug-likeness (QED) is 0.696. The Morgan fingerprint density at radius 1 is 0.966 bits per heavy atom. The molecule has 0 aliphatic heterocycles. The van der Waals surface area contributed by atoms with Crippen LogP contribution in [0, 0.1) is 5.82 Å². The molecule has 2 rings (SSSR count). The van der Waals surface area contributed by atoms with Crippen molar-refractivity contribution in [1.82, 2.24) is 9.80 Å². The second kappa shape index (κ2) is 10.4. The fourth-order valence-electron chi connectivity index (χ4n) is 2.73. The number of halogens is 1. The van der Waals surface area contributed by atoms with Crippen LogP contribution < -0.4 is 14.8 Å². The Labute approximate surface area is 170 Å². The molecular formula is C21H26FN3O4. The molecule has 1 N–H and O–H groups in total. The Kier molecular flexibility index (Phi) is 7.97. The predicted molar refractivity (Wildman–Crippen MR) is 109 cm³/mol. The van der Waals surface area contributed by atoms with E-state index < -0.39 is 0 Å². The minimum atomic E-state index is -0.372. The summed E-state index contributed by atoms with van der Waals surface area (Å²) < 4.78 is 23.4. The highest BCUT2D eigenvalue weighted by atomic mass is 19.1.